The van der Waals surface area contributed by atoms with Gasteiger partial charge in [-0.15, -0.1) is 0 Å². The van der Waals surface area contributed by atoms with E-state index >= 15 is 0 Å². The van der Waals surface area contributed by atoms with E-state index in [4.69, 9.17) is 11.5 Å². The number of amides is 1. The molecule has 0 aromatic heterocycles. The summed E-state index contributed by atoms with van der Waals surface area (Å²) in [5.41, 5.74) is 11.1. The highest BCUT2D eigenvalue weighted by atomic mass is 16.2. The van der Waals surface area contributed by atoms with Crippen LogP contribution in [0.4, 0.5) is 0 Å². The fourth-order valence-electron chi connectivity index (χ4n) is 1.76. The molecule has 0 aromatic carbocycles. The molecular weight excluding hydrogens is 214 g/mol. The van der Waals surface area contributed by atoms with Gasteiger partial charge in [0.2, 0.25) is 5.91 Å². The standard InChI is InChI=1S/C13H29N3O/c1-13(2,10-15)11-16(3)12(17)8-6-4-5-7-9-14/h4-11,14-15H2,1-3H3. The molecule has 0 fully saturated rings. The van der Waals surface area contributed by atoms with Gasteiger partial charge < -0.3 is 16.4 Å². The highest BCUT2D eigenvalue weighted by Crippen LogP contribution is 2.15. The summed E-state index contributed by atoms with van der Waals surface area (Å²) in [5, 5.41) is 0. The highest BCUT2D eigenvalue weighted by molar-refractivity contribution is 5.75. The first-order valence-electron chi connectivity index (χ1n) is 6.57. The van der Waals surface area contributed by atoms with Gasteiger partial charge in [0.1, 0.15) is 0 Å². The normalized spacial score (nSPS) is 11.6. The van der Waals surface area contributed by atoms with Gasteiger partial charge in [-0.05, 0) is 31.3 Å². The zero-order valence-electron chi connectivity index (χ0n) is 11.7. The van der Waals surface area contributed by atoms with Gasteiger partial charge in [-0.2, -0.15) is 0 Å². The van der Waals surface area contributed by atoms with Gasteiger partial charge in [0.25, 0.3) is 0 Å². The number of nitrogens with two attached hydrogens (primary N) is 2. The zero-order chi connectivity index (χ0) is 13.3. The first kappa shape index (κ1) is 16.4. The minimum absolute atomic E-state index is 0.00393. The number of nitrogens with zero attached hydrogens (tertiary/aromatic N) is 1. The first-order chi connectivity index (χ1) is 7.93. The predicted octanol–water partition coefficient (Wildman–Crippen LogP) is 1.34. The van der Waals surface area contributed by atoms with Crippen LogP contribution in [0.25, 0.3) is 0 Å². The van der Waals surface area contributed by atoms with Crippen LogP contribution in [0.2, 0.25) is 0 Å². The molecule has 0 aliphatic heterocycles. The third-order valence-corrected chi connectivity index (χ3v) is 2.99. The number of hydrogen-bond donors (Lipinski definition) is 2. The van der Waals surface area contributed by atoms with Crippen molar-refractivity contribution >= 4 is 5.91 Å². The molecule has 0 unspecified atom stereocenters. The van der Waals surface area contributed by atoms with E-state index in [1.54, 1.807) is 4.90 Å². The van der Waals surface area contributed by atoms with Crippen molar-refractivity contribution in [2.75, 3.05) is 26.7 Å². The summed E-state index contributed by atoms with van der Waals surface area (Å²) in [6.07, 6.45) is 4.89. The van der Waals surface area contributed by atoms with Crippen molar-refractivity contribution in [2.45, 2.75) is 46.0 Å². The summed E-state index contributed by atoms with van der Waals surface area (Å²) in [6, 6.07) is 0. The summed E-state index contributed by atoms with van der Waals surface area (Å²) in [5.74, 6) is 0.222. The van der Waals surface area contributed by atoms with E-state index in [9.17, 15) is 4.79 Å². The molecule has 0 aliphatic carbocycles. The summed E-state index contributed by atoms with van der Waals surface area (Å²) in [4.78, 5) is 13.6. The van der Waals surface area contributed by atoms with Crippen molar-refractivity contribution in [1.82, 2.24) is 4.90 Å². The zero-order valence-corrected chi connectivity index (χ0v) is 11.7. The van der Waals surface area contributed by atoms with Crippen LogP contribution in [0.15, 0.2) is 0 Å². The lowest BCUT2D eigenvalue weighted by Crippen LogP contribution is -2.39. The minimum Gasteiger partial charge on any atom is -0.345 e. The molecule has 0 saturated carbocycles. The highest BCUT2D eigenvalue weighted by Gasteiger charge is 2.20. The smallest absolute Gasteiger partial charge is 0.222 e. The Kier molecular flexibility index (Phi) is 8.17. The molecule has 0 spiro atoms. The van der Waals surface area contributed by atoms with Crippen molar-refractivity contribution in [2.24, 2.45) is 16.9 Å². The molecule has 17 heavy (non-hydrogen) atoms. The molecule has 0 aliphatic rings. The molecule has 4 heteroatoms. The van der Waals surface area contributed by atoms with E-state index in [0.717, 1.165) is 38.8 Å². The molecule has 0 bridgehead atoms. The van der Waals surface area contributed by atoms with Gasteiger partial charge in [0.05, 0.1) is 0 Å². The Morgan fingerprint density at radius 3 is 2.24 bits per heavy atom. The molecule has 1 amide bonds. The molecular formula is C13H29N3O. The number of hydrogen-bond acceptors (Lipinski definition) is 3. The van der Waals surface area contributed by atoms with E-state index in [1.807, 2.05) is 7.05 Å². The van der Waals surface area contributed by atoms with Crippen LogP contribution in [0.1, 0.15) is 46.0 Å². The van der Waals surface area contributed by atoms with Crippen molar-refractivity contribution in [3.05, 3.63) is 0 Å². The molecule has 0 radical (unpaired) electrons. The van der Waals surface area contributed by atoms with Crippen LogP contribution in [0, 0.1) is 5.41 Å². The first-order valence-corrected chi connectivity index (χ1v) is 6.57. The molecule has 0 aromatic rings. The Hall–Kier alpha value is -0.610. The second-order valence-corrected chi connectivity index (χ2v) is 5.57. The van der Waals surface area contributed by atoms with Crippen LogP contribution in [-0.4, -0.2) is 37.5 Å². The maximum absolute atomic E-state index is 11.8. The summed E-state index contributed by atoms with van der Waals surface area (Å²) < 4.78 is 0. The number of carbonyl (C=O) groups excluding carboxylic acids is 1. The monoisotopic (exact) mass is 243 g/mol. The fraction of sp³-hybridized carbons (Fsp3) is 0.923. The third-order valence-electron chi connectivity index (χ3n) is 2.99. The van der Waals surface area contributed by atoms with Crippen LogP contribution < -0.4 is 11.5 Å². The van der Waals surface area contributed by atoms with Crippen molar-refractivity contribution in [1.29, 1.82) is 0 Å². The predicted molar refractivity (Wildman–Crippen MR) is 72.6 cm³/mol. The lowest BCUT2D eigenvalue weighted by molar-refractivity contribution is -0.131. The summed E-state index contributed by atoms with van der Waals surface area (Å²) in [7, 11) is 1.86. The number of unbranched alkanes of at least 4 members (excludes halogenated alkanes) is 3. The Morgan fingerprint density at radius 1 is 1.12 bits per heavy atom. The maximum Gasteiger partial charge on any atom is 0.222 e. The quantitative estimate of drug-likeness (QED) is 0.600. The fourth-order valence-corrected chi connectivity index (χ4v) is 1.76. The Labute approximate surface area is 106 Å². The average molecular weight is 243 g/mol. The topological polar surface area (TPSA) is 72.3 Å². The van der Waals surface area contributed by atoms with Gasteiger partial charge in [-0.3, -0.25) is 4.79 Å². The van der Waals surface area contributed by atoms with Gasteiger partial charge in [0.15, 0.2) is 0 Å². The van der Waals surface area contributed by atoms with Gasteiger partial charge in [-0.25, -0.2) is 0 Å². The largest absolute Gasteiger partial charge is 0.345 e. The Bertz CT molecular complexity index is 217. The molecule has 4 N–H and O–H groups in total. The molecule has 4 nitrogen and oxygen atoms in total. The van der Waals surface area contributed by atoms with Crippen molar-refractivity contribution < 1.29 is 4.79 Å². The summed E-state index contributed by atoms with van der Waals surface area (Å²) in [6.45, 7) is 6.24. The van der Waals surface area contributed by atoms with Gasteiger partial charge >= 0.3 is 0 Å². The van der Waals surface area contributed by atoms with E-state index in [1.165, 1.54) is 0 Å². The van der Waals surface area contributed by atoms with E-state index in [2.05, 4.69) is 13.8 Å². The Morgan fingerprint density at radius 2 is 1.71 bits per heavy atom. The van der Waals surface area contributed by atoms with Gasteiger partial charge in [0, 0.05) is 20.0 Å². The lowest BCUT2D eigenvalue weighted by Gasteiger charge is -2.29. The van der Waals surface area contributed by atoms with E-state index < -0.39 is 0 Å². The SMILES string of the molecule is CN(CC(C)(C)CN)C(=O)CCCCCCN. The van der Waals surface area contributed by atoms with E-state index in [-0.39, 0.29) is 11.3 Å². The molecule has 102 valence electrons. The van der Waals surface area contributed by atoms with E-state index in [0.29, 0.717) is 13.0 Å². The van der Waals surface area contributed by atoms with Crippen LogP contribution in [0.3, 0.4) is 0 Å². The van der Waals surface area contributed by atoms with Crippen LogP contribution in [0.5, 0.6) is 0 Å². The second kappa shape index (κ2) is 8.48. The minimum atomic E-state index is 0.00393. The molecule has 0 heterocycles. The molecule has 0 saturated heterocycles. The second-order valence-electron chi connectivity index (χ2n) is 5.57. The summed E-state index contributed by atoms with van der Waals surface area (Å²) >= 11 is 0. The van der Waals surface area contributed by atoms with Crippen molar-refractivity contribution in [3.63, 3.8) is 0 Å². The van der Waals surface area contributed by atoms with Crippen LogP contribution >= 0.6 is 0 Å². The maximum atomic E-state index is 11.8. The lowest BCUT2D eigenvalue weighted by atomic mass is 9.93. The molecule has 0 rings (SSSR count). The van der Waals surface area contributed by atoms with Crippen molar-refractivity contribution in [3.8, 4) is 0 Å². The number of rotatable bonds is 9. The Balaban J connectivity index is 3.75. The van der Waals surface area contributed by atoms with Crippen LogP contribution in [-0.2, 0) is 4.79 Å². The third kappa shape index (κ3) is 8.16. The average Bonchev–Trinajstić information content (AvgIpc) is 2.28. The number of carbonyl (C=O) groups is 1. The molecule has 0 atom stereocenters. The van der Waals surface area contributed by atoms with Gasteiger partial charge in [-0.1, -0.05) is 26.7 Å².